The Morgan fingerprint density at radius 3 is 2.59 bits per heavy atom. The molecule has 4 nitrogen and oxygen atoms in total. The summed E-state index contributed by atoms with van der Waals surface area (Å²) in [6.07, 6.45) is 0. The number of nitrogens with zero attached hydrogens (tertiary/aromatic N) is 2. The van der Waals surface area contributed by atoms with E-state index in [4.69, 9.17) is 0 Å². The summed E-state index contributed by atoms with van der Waals surface area (Å²) < 4.78 is 0. The molecule has 0 atom stereocenters. The lowest BCUT2D eigenvalue weighted by Crippen LogP contribution is -2.49. The van der Waals surface area contributed by atoms with Crippen molar-refractivity contribution in [3.8, 4) is 0 Å². The highest BCUT2D eigenvalue weighted by Crippen LogP contribution is 2.10. The van der Waals surface area contributed by atoms with Gasteiger partial charge in [-0.25, -0.2) is 0 Å². The lowest BCUT2D eigenvalue weighted by molar-refractivity contribution is -0.130. The van der Waals surface area contributed by atoms with Gasteiger partial charge in [0.05, 0.1) is 6.54 Å². The second-order valence-corrected chi connectivity index (χ2v) is 4.32. The van der Waals surface area contributed by atoms with Crippen molar-refractivity contribution in [1.29, 1.82) is 0 Å². The van der Waals surface area contributed by atoms with Crippen LogP contribution in [0, 0.1) is 0 Å². The third kappa shape index (κ3) is 3.20. The van der Waals surface area contributed by atoms with E-state index in [1.807, 2.05) is 47.2 Å². The molecule has 0 spiro atoms. The number of nitrogens with one attached hydrogen (secondary N) is 1. The monoisotopic (exact) mass is 233 g/mol. The van der Waals surface area contributed by atoms with Gasteiger partial charge in [-0.1, -0.05) is 18.2 Å². The van der Waals surface area contributed by atoms with E-state index in [0.29, 0.717) is 6.54 Å². The van der Waals surface area contributed by atoms with Gasteiger partial charge in [-0.2, -0.15) is 0 Å². The molecule has 0 radical (unpaired) electrons. The number of rotatable bonds is 3. The molecule has 1 fully saturated rings. The van der Waals surface area contributed by atoms with E-state index in [1.165, 1.54) is 0 Å². The van der Waals surface area contributed by atoms with E-state index in [-0.39, 0.29) is 5.91 Å². The number of benzene rings is 1. The Balaban J connectivity index is 1.89. The van der Waals surface area contributed by atoms with E-state index in [9.17, 15) is 4.79 Å². The summed E-state index contributed by atoms with van der Waals surface area (Å²) in [5, 5.41) is 3.25. The topological polar surface area (TPSA) is 35.6 Å². The maximum absolute atomic E-state index is 12.0. The fraction of sp³-hybridized carbons (Fsp3) is 0.462. The number of likely N-dealkylation sites (N-methyl/N-ethyl adjacent to an activating group) is 1. The standard InChI is InChI=1S/C13H19N3O/c1-15(12-5-3-2-4-6-12)11-13(17)16-9-7-14-8-10-16/h2-6,14H,7-11H2,1H3. The number of piperazine rings is 1. The Bertz CT molecular complexity index is 360. The number of anilines is 1. The molecular weight excluding hydrogens is 214 g/mol. The number of amides is 1. The van der Waals surface area contributed by atoms with Gasteiger partial charge in [-0.3, -0.25) is 4.79 Å². The minimum Gasteiger partial charge on any atom is -0.365 e. The summed E-state index contributed by atoms with van der Waals surface area (Å²) in [6.45, 7) is 3.90. The molecule has 1 aromatic carbocycles. The second kappa shape index (κ2) is 5.68. The Labute approximate surface area is 102 Å². The predicted molar refractivity (Wildman–Crippen MR) is 69.2 cm³/mol. The average molecular weight is 233 g/mol. The van der Waals surface area contributed by atoms with Crippen molar-refractivity contribution < 1.29 is 4.79 Å². The summed E-state index contributed by atoms with van der Waals surface area (Å²) in [7, 11) is 1.95. The zero-order valence-corrected chi connectivity index (χ0v) is 10.2. The zero-order valence-electron chi connectivity index (χ0n) is 10.2. The van der Waals surface area contributed by atoms with Crippen molar-refractivity contribution in [3.63, 3.8) is 0 Å². The molecule has 2 rings (SSSR count). The first kappa shape index (κ1) is 11.9. The van der Waals surface area contributed by atoms with Crippen LogP contribution in [0.1, 0.15) is 0 Å². The fourth-order valence-corrected chi connectivity index (χ4v) is 1.99. The molecule has 0 aromatic heterocycles. The van der Waals surface area contributed by atoms with Crippen molar-refractivity contribution in [2.45, 2.75) is 0 Å². The van der Waals surface area contributed by atoms with Crippen LogP contribution < -0.4 is 10.2 Å². The highest BCUT2D eigenvalue weighted by molar-refractivity contribution is 5.81. The third-order valence-electron chi connectivity index (χ3n) is 3.04. The summed E-state index contributed by atoms with van der Waals surface area (Å²) in [5.74, 6) is 0.206. The lowest BCUT2D eigenvalue weighted by Gasteiger charge is -2.29. The first-order chi connectivity index (χ1) is 8.27. The van der Waals surface area contributed by atoms with Gasteiger partial charge >= 0.3 is 0 Å². The van der Waals surface area contributed by atoms with Gasteiger partial charge in [0.2, 0.25) is 5.91 Å². The minimum atomic E-state index is 0.206. The molecule has 1 heterocycles. The molecule has 0 aliphatic carbocycles. The molecule has 0 unspecified atom stereocenters. The van der Waals surface area contributed by atoms with Crippen molar-refractivity contribution >= 4 is 11.6 Å². The predicted octanol–water partition coefficient (Wildman–Crippen LogP) is 0.555. The van der Waals surface area contributed by atoms with Crippen LogP contribution in [0.4, 0.5) is 5.69 Å². The summed E-state index contributed by atoms with van der Waals surface area (Å²) in [5.41, 5.74) is 1.08. The Morgan fingerprint density at radius 2 is 1.94 bits per heavy atom. The normalized spacial score (nSPS) is 15.7. The van der Waals surface area contributed by atoms with E-state index < -0.39 is 0 Å². The van der Waals surface area contributed by atoms with Crippen molar-refractivity contribution in [2.75, 3.05) is 44.7 Å². The molecule has 1 aliphatic heterocycles. The maximum atomic E-state index is 12.0. The van der Waals surface area contributed by atoms with Gasteiger partial charge in [-0.15, -0.1) is 0 Å². The van der Waals surface area contributed by atoms with Gasteiger partial charge in [0.15, 0.2) is 0 Å². The Morgan fingerprint density at radius 1 is 1.29 bits per heavy atom. The summed E-state index contributed by atoms with van der Waals surface area (Å²) in [6, 6.07) is 9.99. The quantitative estimate of drug-likeness (QED) is 0.828. The van der Waals surface area contributed by atoms with Crippen LogP contribution in [-0.4, -0.2) is 50.6 Å². The first-order valence-corrected chi connectivity index (χ1v) is 6.02. The SMILES string of the molecule is CN(CC(=O)N1CCNCC1)c1ccccc1. The largest absolute Gasteiger partial charge is 0.365 e. The summed E-state index contributed by atoms with van der Waals surface area (Å²) >= 11 is 0. The van der Waals surface area contributed by atoms with Crippen molar-refractivity contribution in [1.82, 2.24) is 10.2 Å². The summed E-state index contributed by atoms with van der Waals surface area (Å²) in [4.78, 5) is 16.0. The molecule has 1 amide bonds. The molecule has 1 aliphatic rings. The van der Waals surface area contributed by atoms with Crippen LogP contribution in [0.5, 0.6) is 0 Å². The number of carbonyl (C=O) groups is 1. The number of para-hydroxylation sites is 1. The van der Waals surface area contributed by atoms with Crippen molar-refractivity contribution in [3.05, 3.63) is 30.3 Å². The van der Waals surface area contributed by atoms with Crippen LogP contribution in [0.2, 0.25) is 0 Å². The molecule has 0 bridgehead atoms. The average Bonchev–Trinajstić information content (AvgIpc) is 2.40. The zero-order chi connectivity index (χ0) is 12.1. The molecule has 4 heteroatoms. The van der Waals surface area contributed by atoms with E-state index >= 15 is 0 Å². The Hall–Kier alpha value is -1.55. The van der Waals surface area contributed by atoms with Gasteiger partial charge in [0.25, 0.3) is 0 Å². The molecule has 1 saturated heterocycles. The van der Waals surface area contributed by atoms with Crippen LogP contribution in [0.25, 0.3) is 0 Å². The third-order valence-corrected chi connectivity index (χ3v) is 3.04. The maximum Gasteiger partial charge on any atom is 0.242 e. The van der Waals surface area contributed by atoms with E-state index in [0.717, 1.165) is 31.9 Å². The van der Waals surface area contributed by atoms with Crippen LogP contribution in [0.15, 0.2) is 30.3 Å². The Kier molecular flexibility index (Phi) is 3.98. The number of carbonyl (C=O) groups excluding carboxylic acids is 1. The highest BCUT2D eigenvalue weighted by atomic mass is 16.2. The molecule has 0 saturated carbocycles. The van der Waals surface area contributed by atoms with Crippen LogP contribution >= 0.6 is 0 Å². The molecular formula is C13H19N3O. The van der Waals surface area contributed by atoms with E-state index in [1.54, 1.807) is 0 Å². The second-order valence-electron chi connectivity index (χ2n) is 4.32. The lowest BCUT2D eigenvalue weighted by atomic mass is 10.3. The number of hydrogen-bond acceptors (Lipinski definition) is 3. The van der Waals surface area contributed by atoms with Gasteiger partial charge in [-0.05, 0) is 12.1 Å². The van der Waals surface area contributed by atoms with Gasteiger partial charge in [0.1, 0.15) is 0 Å². The van der Waals surface area contributed by atoms with Crippen molar-refractivity contribution in [2.24, 2.45) is 0 Å². The van der Waals surface area contributed by atoms with E-state index in [2.05, 4.69) is 5.32 Å². The molecule has 17 heavy (non-hydrogen) atoms. The van der Waals surface area contributed by atoms with Gasteiger partial charge < -0.3 is 15.1 Å². The first-order valence-electron chi connectivity index (χ1n) is 6.02. The minimum absolute atomic E-state index is 0.206. The molecule has 1 aromatic rings. The molecule has 92 valence electrons. The van der Waals surface area contributed by atoms with Crippen LogP contribution in [-0.2, 0) is 4.79 Å². The smallest absolute Gasteiger partial charge is 0.242 e. The van der Waals surface area contributed by atoms with Crippen LogP contribution in [0.3, 0.4) is 0 Å². The molecule has 1 N–H and O–H groups in total. The van der Waals surface area contributed by atoms with Gasteiger partial charge in [0, 0.05) is 38.9 Å². The number of hydrogen-bond donors (Lipinski definition) is 1. The fourth-order valence-electron chi connectivity index (χ4n) is 1.99. The highest BCUT2D eigenvalue weighted by Gasteiger charge is 2.17.